The summed E-state index contributed by atoms with van der Waals surface area (Å²) in [6.07, 6.45) is 6.42. The van der Waals surface area contributed by atoms with Crippen molar-refractivity contribution in [2.75, 3.05) is 11.9 Å². The third kappa shape index (κ3) is 2.51. The van der Waals surface area contributed by atoms with E-state index >= 15 is 0 Å². The molecule has 2 fully saturated rings. The highest BCUT2D eigenvalue weighted by Gasteiger charge is 2.35. The molecule has 2 aromatic rings. The molecule has 4 rings (SSSR count). The van der Waals surface area contributed by atoms with Crippen LogP contribution < -0.4 is 10.6 Å². The third-order valence-electron chi connectivity index (χ3n) is 4.89. The molecule has 0 radical (unpaired) electrons. The van der Waals surface area contributed by atoms with Crippen LogP contribution in [0.5, 0.6) is 0 Å². The SMILES string of the molecule is Clc1ccc2nsnc2c1NC1CCCC1C1CCCN1. The summed E-state index contributed by atoms with van der Waals surface area (Å²) in [6.45, 7) is 1.17. The van der Waals surface area contributed by atoms with Crippen molar-refractivity contribution in [2.24, 2.45) is 5.92 Å². The zero-order chi connectivity index (χ0) is 14.2. The van der Waals surface area contributed by atoms with Crippen molar-refractivity contribution < 1.29 is 0 Å². The Morgan fingerprint density at radius 1 is 1.19 bits per heavy atom. The van der Waals surface area contributed by atoms with Gasteiger partial charge in [-0.05, 0) is 50.3 Å². The summed E-state index contributed by atoms with van der Waals surface area (Å²) in [5, 5.41) is 8.11. The second-order valence-corrected chi connectivity index (χ2v) is 7.04. The number of anilines is 1. The van der Waals surface area contributed by atoms with E-state index < -0.39 is 0 Å². The Morgan fingerprint density at radius 2 is 2.14 bits per heavy atom. The number of benzene rings is 1. The molecule has 4 nitrogen and oxygen atoms in total. The number of halogens is 1. The molecular formula is C15H19ClN4S. The summed E-state index contributed by atoms with van der Waals surface area (Å²) < 4.78 is 8.72. The largest absolute Gasteiger partial charge is 0.379 e. The number of nitrogens with zero attached hydrogens (tertiary/aromatic N) is 2. The molecule has 0 spiro atoms. The first-order valence-corrected chi connectivity index (χ1v) is 8.84. The molecule has 2 heterocycles. The van der Waals surface area contributed by atoms with Crippen molar-refractivity contribution >= 4 is 40.0 Å². The van der Waals surface area contributed by atoms with Crippen LogP contribution in [0.2, 0.25) is 5.02 Å². The van der Waals surface area contributed by atoms with Crippen LogP contribution in [0.4, 0.5) is 5.69 Å². The highest BCUT2D eigenvalue weighted by Crippen LogP contribution is 2.37. The van der Waals surface area contributed by atoms with Gasteiger partial charge in [-0.3, -0.25) is 0 Å². The Morgan fingerprint density at radius 3 is 3.00 bits per heavy atom. The predicted octanol–water partition coefficient (Wildman–Crippen LogP) is 3.68. The lowest BCUT2D eigenvalue weighted by atomic mass is 9.93. The van der Waals surface area contributed by atoms with Crippen molar-refractivity contribution in [3.8, 4) is 0 Å². The first-order valence-electron chi connectivity index (χ1n) is 7.73. The van der Waals surface area contributed by atoms with Gasteiger partial charge in [0.05, 0.1) is 22.4 Å². The minimum absolute atomic E-state index is 0.491. The van der Waals surface area contributed by atoms with E-state index in [4.69, 9.17) is 11.6 Å². The Balaban J connectivity index is 1.61. The molecule has 0 amide bonds. The Labute approximate surface area is 133 Å². The molecule has 1 aromatic heterocycles. The smallest absolute Gasteiger partial charge is 0.129 e. The van der Waals surface area contributed by atoms with E-state index in [1.807, 2.05) is 12.1 Å². The average molecular weight is 323 g/mol. The van der Waals surface area contributed by atoms with E-state index in [-0.39, 0.29) is 0 Å². The molecule has 1 saturated carbocycles. The highest BCUT2D eigenvalue weighted by molar-refractivity contribution is 7.00. The maximum absolute atomic E-state index is 6.40. The first kappa shape index (κ1) is 13.7. The van der Waals surface area contributed by atoms with E-state index in [1.165, 1.54) is 50.4 Å². The molecule has 2 aliphatic rings. The van der Waals surface area contributed by atoms with E-state index in [9.17, 15) is 0 Å². The quantitative estimate of drug-likeness (QED) is 0.905. The molecule has 1 aliphatic carbocycles. The Bertz CT molecular complexity index is 638. The average Bonchev–Trinajstić information content (AvgIpc) is 3.20. The minimum atomic E-state index is 0.491. The van der Waals surface area contributed by atoms with Crippen LogP contribution in [0.25, 0.3) is 11.0 Å². The maximum Gasteiger partial charge on any atom is 0.129 e. The summed E-state index contributed by atoms with van der Waals surface area (Å²) in [4.78, 5) is 0. The maximum atomic E-state index is 6.40. The van der Waals surface area contributed by atoms with Crippen LogP contribution in [0, 0.1) is 5.92 Å². The van der Waals surface area contributed by atoms with Crippen molar-refractivity contribution in [1.29, 1.82) is 0 Å². The van der Waals surface area contributed by atoms with Crippen LogP contribution in [0.1, 0.15) is 32.1 Å². The first-order chi connectivity index (χ1) is 10.3. The van der Waals surface area contributed by atoms with Crippen molar-refractivity contribution in [3.63, 3.8) is 0 Å². The van der Waals surface area contributed by atoms with Crippen LogP contribution in [0.3, 0.4) is 0 Å². The lowest BCUT2D eigenvalue weighted by Gasteiger charge is -2.27. The minimum Gasteiger partial charge on any atom is -0.379 e. The molecule has 1 saturated heterocycles. The van der Waals surface area contributed by atoms with Crippen molar-refractivity contribution in [1.82, 2.24) is 14.1 Å². The lowest BCUT2D eigenvalue weighted by molar-refractivity contribution is 0.376. The van der Waals surface area contributed by atoms with Gasteiger partial charge in [0.25, 0.3) is 0 Å². The molecule has 3 atom stereocenters. The fourth-order valence-corrected chi connectivity index (χ4v) is 4.63. The van der Waals surface area contributed by atoms with Gasteiger partial charge >= 0.3 is 0 Å². The van der Waals surface area contributed by atoms with Crippen LogP contribution in [0.15, 0.2) is 12.1 Å². The number of aromatic nitrogens is 2. The summed E-state index contributed by atoms with van der Waals surface area (Å²) in [5.74, 6) is 0.699. The zero-order valence-corrected chi connectivity index (χ0v) is 13.4. The van der Waals surface area contributed by atoms with E-state index in [2.05, 4.69) is 19.4 Å². The molecule has 3 unspecified atom stereocenters. The third-order valence-corrected chi connectivity index (χ3v) is 5.75. The zero-order valence-electron chi connectivity index (χ0n) is 11.8. The van der Waals surface area contributed by atoms with Gasteiger partial charge in [-0.15, -0.1) is 0 Å². The monoisotopic (exact) mass is 322 g/mol. The van der Waals surface area contributed by atoms with Gasteiger partial charge in [-0.25, -0.2) is 0 Å². The molecule has 1 aromatic carbocycles. The number of fused-ring (bicyclic) bond motifs is 1. The van der Waals surface area contributed by atoms with E-state index in [1.54, 1.807) is 0 Å². The molecule has 2 N–H and O–H groups in total. The Hall–Kier alpha value is -0.910. The second-order valence-electron chi connectivity index (χ2n) is 6.10. The van der Waals surface area contributed by atoms with Gasteiger partial charge < -0.3 is 10.6 Å². The van der Waals surface area contributed by atoms with Gasteiger partial charge in [0.15, 0.2) is 0 Å². The lowest BCUT2D eigenvalue weighted by Crippen LogP contribution is -2.38. The number of hydrogen-bond donors (Lipinski definition) is 2. The van der Waals surface area contributed by atoms with Crippen LogP contribution >= 0.6 is 23.3 Å². The van der Waals surface area contributed by atoms with E-state index in [0.717, 1.165) is 21.7 Å². The molecule has 0 bridgehead atoms. The van der Waals surface area contributed by atoms with Gasteiger partial charge in [0, 0.05) is 12.1 Å². The molecule has 6 heteroatoms. The standard InChI is InChI=1S/C15H19ClN4S/c16-10-6-7-13-15(20-21-19-13)14(10)18-12-4-1-3-9(12)11-5-2-8-17-11/h6-7,9,11-12,17-18H,1-5,8H2. The van der Waals surface area contributed by atoms with Gasteiger partial charge in [-0.1, -0.05) is 18.0 Å². The topological polar surface area (TPSA) is 49.8 Å². The summed E-state index contributed by atoms with van der Waals surface area (Å²) in [7, 11) is 0. The highest BCUT2D eigenvalue weighted by atomic mass is 35.5. The summed E-state index contributed by atoms with van der Waals surface area (Å²) >= 11 is 7.65. The van der Waals surface area contributed by atoms with Crippen LogP contribution in [-0.2, 0) is 0 Å². The fraction of sp³-hybridized carbons (Fsp3) is 0.600. The number of rotatable bonds is 3. The predicted molar refractivity (Wildman–Crippen MR) is 88.2 cm³/mol. The molecular weight excluding hydrogens is 304 g/mol. The van der Waals surface area contributed by atoms with Crippen molar-refractivity contribution in [3.05, 3.63) is 17.2 Å². The van der Waals surface area contributed by atoms with E-state index in [0.29, 0.717) is 18.0 Å². The molecule has 112 valence electrons. The van der Waals surface area contributed by atoms with Gasteiger partial charge in [0.2, 0.25) is 0 Å². The van der Waals surface area contributed by atoms with Crippen molar-refractivity contribution in [2.45, 2.75) is 44.2 Å². The van der Waals surface area contributed by atoms with Gasteiger partial charge in [-0.2, -0.15) is 8.75 Å². The molecule has 1 aliphatic heterocycles. The second kappa shape index (κ2) is 5.71. The summed E-state index contributed by atoms with van der Waals surface area (Å²) in [5.41, 5.74) is 2.82. The van der Waals surface area contributed by atoms with Crippen LogP contribution in [-0.4, -0.2) is 27.4 Å². The molecule has 21 heavy (non-hydrogen) atoms. The Kier molecular flexibility index (Phi) is 3.73. The normalized spacial score (nSPS) is 29.3. The fourth-order valence-electron chi connectivity index (χ4n) is 3.88. The summed E-state index contributed by atoms with van der Waals surface area (Å²) in [6, 6.07) is 5.02. The number of nitrogens with one attached hydrogen (secondary N) is 2. The van der Waals surface area contributed by atoms with Gasteiger partial charge in [0.1, 0.15) is 11.0 Å². The number of hydrogen-bond acceptors (Lipinski definition) is 5.